The molecule has 1 fully saturated rings. The van der Waals surface area contributed by atoms with Gasteiger partial charge in [-0.25, -0.2) is 9.69 Å². The number of carbonyl (C=O) groups is 2. The Kier molecular flexibility index (Phi) is 5.82. The van der Waals surface area contributed by atoms with E-state index in [1.54, 1.807) is 13.8 Å². The Morgan fingerprint density at radius 3 is 2.30 bits per heavy atom. The predicted molar refractivity (Wildman–Crippen MR) is 113 cm³/mol. The molecule has 3 rings (SSSR count). The number of rotatable bonds is 4. The summed E-state index contributed by atoms with van der Waals surface area (Å²) in [7, 11) is 0. The quantitative estimate of drug-likeness (QED) is 0.417. The van der Waals surface area contributed by atoms with Gasteiger partial charge >= 0.3 is 12.2 Å². The zero-order valence-electron chi connectivity index (χ0n) is 16.1. The SMILES string of the molecule is CC1(C)C(=O)N(c2ccc(C#N)c(C(F)(F)F)c2)C(=O)N1CCc1ccc(I)cc1. The third-order valence-electron chi connectivity index (χ3n) is 5.05. The van der Waals surface area contributed by atoms with Crippen LogP contribution in [0.15, 0.2) is 42.5 Å². The van der Waals surface area contributed by atoms with Crippen LogP contribution in [0, 0.1) is 14.9 Å². The number of hydrogen-bond donors (Lipinski definition) is 0. The van der Waals surface area contributed by atoms with Crippen LogP contribution in [0.3, 0.4) is 0 Å². The number of alkyl halides is 3. The maximum absolute atomic E-state index is 13.3. The molecule has 0 N–H and O–H groups in total. The number of carbonyl (C=O) groups excluding carboxylic acids is 2. The molecule has 9 heteroatoms. The molecule has 0 radical (unpaired) electrons. The molecule has 1 heterocycles. The highest BCUT2D eigenvalue weighted by Gasteiger charge is 2.51. The summed E-state index contributed by atoms with van der Waals surface area (Å²) in [5.74, 6) is -0.618. The van der Waals surface area contributed by atoms with Crippen molar-refractivity contribution in [2.75, 3.05) is 11.4 Å². The van der Waals surface area contributed by atoms with Gasteiger partial charge in [0, 0.05) is 10.1 Å². The van der Waals surface area contributed by atoms with Gasteiger partial charge in [0.25, 0.3) is 5.91 Å². The van der Waals surface area contributed by atoms with Crippen LogP contribution in [0.25, 0.3) is 0 Å². The highest BCUT2D eigenvalue weighted by molar-refractivity contribution is 14.1. The van der Waals surface area contributed by atoms with E-state index in [4.69, 9.17) is 5.26 Å². The van der Waals surface area contributed by atoms with E-state index in [1.165, 1.54) is 17.0 Å². The summed E-state index contributed by atoms with van der Waals surface area (Å²) in [6.07, 6.45) is -4.29. The van der Waals surface area contributed by atoms with Gasteiger partial charge in [0.1, 0.15) is 5.54 Å². The molecule has 1 saturated heterocycles. The lowest BCUT2D eigenvalue weighted by atomic mass is 10.0. The van der Waals surface area contributed by atoms with Crippen molar-refractivity contribution in [3.05, 3.63) is 62.7 Å². The van der Waals surface area contributed by atoms with Crippen LogP contribution in [0.2, 0.25) is 0 Å². The van der Waals surface area contributed by atoms with Gasteiger partial charge in [-0.1, -0.05) is 12.1 Å². The number of nitrogens with zero attached hydrogens (tertiary/aromatic N) is 3. The number of imide groups is 1. The molecule has 0 bridgehead atoms. The highest BCUT2D eigenvalue weighted by atomic mass is 127. The molecule has 0 atom stereocenters. The summed E-state index contributed by atoms with van der Waals surface area (Å²) in [5, 5.41) is 8.96. The fraction of sp³-hybridized carbons (Fsp3) is 0.286. The van der Waals surface area contributed by atoms with Crippen LogP contribution < -0.4 is 4.90 Å². The molecule has 1 aliphatic rings. The smallest absolute Gasteiger partial charge is 0.309 e. The summed E-state index contributed by atoms with van der Waals surface area (Å²) in [6, 6.07) is 11.3. The lowest BCUT2D eigenvalue weighted by Gasteiger charge is -2.27. The average molecular weight is 527 g/mol. The second-order valence-electron chi connectivity index (χ2n) is 7.35. The van der Waals surface area contributed by atoms with Gasteiger partial charge in [0.2, 0.25) is 0 Å². The number of halogens is 4. The van der Waals surface area contributed by atoms with Crippen LogP contribution in [0.5, 0.6) is 0 Å². The van der Waals surface area contributed by atoms with E-state index in [0.717, 1.165) is 20.1 Å². The molecular weight excluding hydrogens is 510 g/mol. The number of amides is 3. The number of benzene rings is 2. The minimum absolute atomic E-state index is 0.207. The number of urea groups is 1. The highest BCUT2D eigenvalue weighted by Crippen LogP contribution is 2.37. The summed E-state index contributed by atoms with van der Waals surface area (Å²) < 4.78 is 41.0. The molecule has 0 aliphatic carbocycles. The molecule has 5 nitrogen and oxygen atoms in total. The zero-order valence-corrected chi connectivity index (χ0v) is 18.3. The fourth-order valence-corrected chi connectivity index (χ4v) is 3.69. The first-order chi connectivity index (χ1) is 14.0. The maximum Gasteiger partial charge on any atom is 0.417 e. The Hall–Kier alpha value is -2.61. The Bertz CT molecular complexity index is 1040. The van der Waals surface area contributed by atoms with Gasteiger partial charge in [0.05, 0.1) is 22.9 Å². The van der Waals surface area contributed by atoms with Gasteiger partial charge < -0.3 is 4.90 Å². The van der Waals surface area contributed by atoms with Crippen LogP contribution in [-0.4, -0.2) is 28.9 Å². The van der Waals surface area contributed by atoms with Gasteiger partial charge in [0.15, 0.2) is 0 Å². The van der Waals surface area contributed by atoms with E-state index in [-0.39, 0.29) is 12.2 Å². The summed E-state index contributed by atoms with van der Waals surface area (Å²) in [5.41, 5.74) is -2.20. The van der Waals surface area contributed by atoms with E-state index in [9.17, 15) is 22.8 Å². The molecule has 0 saturated carbocycles. The Balaban J connectivity index is 1.92. The van der Waals surface area contributed by atoms with Crippen molar-refractivity contribution < 1.29 is 22.8 Å². The lowest BCUT2D eigenvalue weighted by Crippen LogP contribution is -2.45. The first-order valence-electron chi connectivity index (χ1n) is 8.99. The molecule has 0 unspecified atom stereocenters. The van der Waals surface area contributed by atoms with Gasteiger partial charge in [-0.3, -0.25) is 4.79 Å². The first kappa shape index (κ1) is 22.1. The summed E-state index contributed by atoms with van der Waals surface area (Å²) >= 11 is 2.18. The van der Waals surface area contributed by atoms with Crippen molar-refractivity contribution in [3.8, 4) is 6.07 Å². The second kappa shape index (κ2) is 7.91. The molecule has 30 heavy (non-hydrogen) atoms. The van der Waals surface area contributed by atoms with Gasteiger partial charge in [-0.2, -0.15) is 18.4 Å². The van der Waals surface area contributed by atoms with Crippen LogP contribution in [0.4, 0.5) is 23.7 Å². The van der Waals surface area contributed by atoms with E-state index in [2.05, 4.69) is 22.6 Å². The number of nitriles is 1. The Morgan fingerprint density at radius 2 is 1.73 bits per heavy atom. The minimum Gasteiger partial charge on any atom is -0.309 e. The summed E-state index contributed by atoms with van der Waals surface area (Å²) in [4.78, 5) is 28.1. The molecule has 156 valence electrons. The standard InChI is InChI=1S/C21H17F3IN3O2/c1-20(2)18(29)28(16-8-5-14(12-26)17(11-16)21(22,23)24)19(30)27(20)10-9-13-3-6-15(25)7-4-13/h3-8,11H,9-10H2,1-2H3. The van der Waals surface area contributed by atoms with Gasteiger partial charge in [-0.15, -0.1) is 0 Å². The molecule has 2 aromatic rings. The van der Waals surface area contributed by atoms with Crippen molar-refractivity contribution in [1.82, 2.24) is 4.90 Å². The van der Waals surface area contributed by atoms with E-state index < -0.39 is 34.8 Å². The van der Waals surface area contributed by atoms with Crippen molar-refractivity contribution >= 4 is 40.2 Å². The van der Waals surface area contributed by atoms with Crippen LogP contribution >= 0.6 is 22.6 Å². The van der Waals surface area contributed by atoms with Crippen molar-refractivity contribution in [2.45, 2.75) is 32.0 Å². The van der Waals surface area contributed by atoms with E-state index in [0.29, 0.717) is 12.5 Å². The maximum atomic E-state index is 13.3. The number of hydrogen-bond acceptors (Lipinski definition) is 3. The third kappa shape index (κ3) is 4.01. The summed E-state index contributed by atoms with van der Waals surface area (Å²) in [6.45, 7) is 3.36. The van der Waals surface area contributed by atoms with Crippen LogP contribution in [0.1, 0.15) is 30.5 Å². The monoisotopic (exact) mass is 527 g/mol. The lowest BCUT2D eigenvalue weighted by molar-refractivity contribution is -0.137. The van der Waals surface area contributed by atoms with Crippen molar-refractivity contribution in [1.29, 1.82) is 5.26 Å². The first-order valence-corrected chi connectivity index (χ1v) is 10.1. The van der Waals surface area contributed by atoms with E-state index in [1.807, 2.05) is 24.3 Å². The van der Waals surface area contributed by atoms with Crippen molar-refractivity contribution in [3.63, 3.8) is 0 Å². The Labute approximate surface area is 185 Å². The zero-order chi connectivity index (χ0) is 22.3. The second-order valence-corrected chi connectivity index (χ2v) is 8.60. The molecule has 2 aromatic carbocycles. The van der Waals surface area contributed by atoms with Crippen molar-refractivity contribution in [2.24, 2.45) is 0 Å². The number of anilines is 1. The normalized spacial score (nSPS) is 16.2. The molecule has 1 aliphatic heterocycles. The molecule has 3 amide bonds. The third-order valence-corrected chi connectivity index (χ3v) is 5.77. The molecule has 0 spiro atoms. The predicted octanol–water partition coefficient (Wildman–Crippen LogP) is 4.97. The van der Waals surface area contributed by atoms with E-state index >= 15 is 0 Å². The van der Waals surface area contributed by atoms with Crippen LogP contribution in [-0.2, 0) is 17.4 Å². The van der Waals surface area contributed by atoms with Gasteiger partial charge in [-0.05, 0) is 78.8 Å². The fourth-order valence-electron chi connectivity index (χ4n) is 3.33. The largest absolute Gasteiger partial charge is 0.417 e. The topological polar surface area (TPSA) is 64.4 Å². The molecular formula is C21H17F3IN3O2. The Morgan fingerprint density at radius 1 is 1.10 bits per heavy atom. The molecule has 0 aromatic heterocycles. The minimum atomic E-state index is -4.78. The average Bonchev–Trinajstić information content (AvgIpc) is 2.85.